The van der Waals surface area contributed by atoms with Gasteiger partial charge in [0, 0.05) is 15.3 Å². The number of rotatable bonds is 3. The number of hydrogen-bond donors (Lipinski definition) is 1. The van der Waals surface area contributed by atoms with Crippen molar-refractivity contribution in [1.29, 1.82) is 0 Å². The van der Waals surface area contributed by atoms with Crippen LogP contribution in [0, 0.1) is 0 Å². The molecular formula is C14H12Cl2N2OS. The predicted octanol–water partition coefficient (Wildman–Crippen LogP) is 3.87. The summed E-state index contributed by atoms with van der Waals surface area (Å²) < 4.78 is 0. The Morgan fingerprint density at radius 2 is 2.00 bits per heavy atom. The van der Waals surface area contributed by atoms with Crippen molar-refractivity contribution in [3.8, 4) is 0 Å². The standard InChI is InChI=1S/C14H12Cl2N2OS/c15-12-5-9(6-13(16)18-12)14(19)17-7-10-4-8-2-1-3-11(8)20-10/h4-6H,1-3,7H2,(H,17,19). The van der Waals surface area contributed by atoms with E-state index < -0.39 is 0 Å². The first-order valence-electron chi connectivity index (χ1n) is 6.33. The van der Waals surface area contributed by atoms with Crippen LogP contribution in [-0.2, 0) is 19.4 Å². The number of carbonyl (C=O) groups excluding carboxylic acids is 1. The van der Waals surface area contributed by atoms with E-state index in [4.69, 9.17) is 23.2 Å². The first-order valence-corrected chi connectivity index (χ1v) is 7.91. The fourth-order valence-corrected chi connectivity index (χ4v) is 4.00. The van der Waals surface area contributed by atoms with Gasteiger partial charge in [0.15, 0.2) is 0 Å². The van der Waals surface area contributed by atoms with Gasteiger partial charge in [-0.15, -0.1) is 11.3 Å². The number of fused-ring (bicyclic) bond motifs is 1. The fourth-order valence-electron chi connectivity index (χ4n) is 2.34. The molecule has 0 unspecified atom stereocenters. The van der Waals surface area contributed by atoms with Gasteiger partial charge in [-0.25, -0.2) is 4.98 Å². The van der Waals surface area contributed by atoms with Crippen molar-refractivity contribution in [3.63, 3.8) is 0 Å². The van der Waals surface area contributed by atoms with E-state index in [1.807, 2.05) is 0 Å². The molecule has 2 aromatic heterocycles. The number of nitrogens with one attached hydrogen (secondary N) is 1. The van der Waals surface area contributed by atoms with Crippen LogP contribution in [0.5, 0.6) is 0 Å². The normalized spacial score (nSPS) is 13.3. The molecule has 1 aliphatic carbocycles. The Morgan fingerprint density at radius 3 is 2.70 bits per heavy atom. The van der Waals surface area contributed by atoms with Crippen molar-refractivity contribution >= 4 is 40.4 Å². The SMILES string of the molecule is O=C(NCc1cc2c(s1)CCC2)c1cc(Cl)nc(Cl)c1. The fraction of sp³-hybridized carbons (Fsp3) is 0.286. The molecule has 2 aromatic rings. The minimum Gasteiger partial charge on any atom is -0.347 e. The zero-order valence-corrected chi connectivity index (χ0v) is 12.9. The topological polar surface area (TPSA) is 42.0 Å². The third kappa shape index (κ3) is 2.97. The van der Waals surface area contributed by atoms with E-state index in [0.29, 0.717) is 12.1 Å². The zero-order valence-electron chi connectivity index (χ0n) is 10.6. The Bertz CT molecular complexity index is 627. The van der Waals surface area contributed by atoms with Gasteiger partial charge in [0.25, 0.3) is 5.91 Å². The molecule has 2 heterocycles. The Balaban J connectivity index is 1.66. The highest BCUT2D eigenvalue weighted by molar-refractivity contribution is 7.12. The number of nitrogens with zero attached hydrogens (tertiary/aromatic N) is 1. The van der Waals surface area contributed by atoms with Crippen LogP contribution >= 0.6 is 34.5 Å². The molecular weight excluding hydrogens is 315 g/mol. The Morgan fingerprint density at radius 1 is 1.25 bits per heavy atom. The van der Waals surface area contributed by atoms with Crippen LogP contribution in [0.4, 0.5) is 0 Å². The van der Waals surface area contributed by atoms with Gasteiger partial charge in [-0.1, -0.05) is 23.2 Å². The molecule has 104 valence electrons. The number of aromatic nitrogens is 1. The molecule has 20 heavy (non-hydrogen) atoms. The van der Waals surface area contributed by atoms with Gasteiger partial charge in [0.1, 0.15) is 10.3 Å². The minimum absolute atomic E-state index is 0.190. The summed E-state index contributed by atoms with van der Waals surface area (Å²) >= 11 is 13.4. The Labute approximate surface area is 130 Å². The molecule has 1 aliphatic rings. The molecule has 0 bridgehead atoms. The van der Waals surface area contributed by atoms with E-state index in [2.05, 4.69) is 16.4 Å². The van der Waals surface area contributed by atoms with Gasteiger partial charge in [-0.3, -0.25) is 4.79 Å². The average Bonchev–Trinajstić information content (AvgIpc) is 2.95. The summed E-state index contributed by atoms with van der Waals surface area (Å²) in [5.74, 6) is -0.190. The molecule has 0 aliphatic heterocycles. The molecule has 6 heteroatoms. The second-order valence-electron chi connectivity index (χ2n) is 4.70. The van der Waals surface area contributed by atoms with Gasteiger partial charge in [0.2, 0.25) is 0 Å². The lowest BCUT2D eigenvalue weighted by Crippen LogP contribution is -2.22. The number of thiophene rings is 1. The second kappa shape index (κ2) is 5.72. The van der Waals surface area contributed by atoms with Crippen LogP contribution in [0.25, 0.3) is 0 Å². The van der Waals surface area contributed by atoms with Gasteiger partial charge >= 0.3 is 0 Å². The lowest BCUT2D eigenvalue weighted by molar-refractivity contribution is 0.0951. The summed E-state index contributed by atoms with van der Waals surface area (Å²) in [5, 5.41) is 3.33. The monoisotopic (exact) mass is 326 g/mol. The predicted molar refractivity (Wildman–Crippen MR) is 81.8 cm³/mol. The number of halogens is 2. The maximum absolute atomic E-state index is 12.0. The molecule has 0 saturated carbocycles. The molecule has 0 spiro atoms. The smallest absolute Gasteiger partial charge is 0.251 e. The average molecular weight is 327 g/mol. The van der Waals surface area contributed by atoms with E-state index in [1.54, 1.807) is 11.3 Å². The first-order chi connectivity index (χ1) is 9.61. The van der Waals surface area contributed by atoms with Crippen LogP contribution in [0.2, 0.25) is 10.3 Å². The lowest BCUT2D eigenvalue weighted by atomic mass is 10.2. The van der Waals surface area contributed by atoms with Gasteiger partial charge in [-0.2, -0.15) is 0 Å². The Kier molecular flexibility index (Phi) is 3.96. The summed E-state index contributed by atoms with van der Waals surface area (Å²) in [7, 11) is 0. The van der Waals surface area contributed by atoms with Crippen molar-refractivity contribution < 1.29 is 4.79 Å². The number of aryl methyl sites for hydroxylation is 2. The molecule has 0 fully saturated rings. The van der Waals surface area contributed by atoms with Crippen molar-refractivity contribution in [2.24, 2.45) is 0 Å². The van der Waals surface area contributed by atoms with Crippen molar-refractivity contribution in [1.82, 2.24) is 10.3 Å². The van der Waals surface area contributed by atoms with Crippen molar-refractivity contribution in [2.75, 3.05) is 0 Å². The van der Waals surface area contributed by atoms with E-state index in [0.717, 1.165) is 6.42 Å². The van der Waals surface area contributed by atoms with Crippen LogP contribution < -0.4 is 5.32 Å². The highest BCUT2D eigenvalue weighted by Gasteiger charge is 2.15. The summed E-state index contributed by atoms with van der Waals surface area (Å²) in [4.78, 5) is 18.5. The molecule has 0 atom stereocenters. The third-order valence-corrected chi connectivity index (χ3v) is 4.87. The zero-order chi connectivity index (χ0) is 14.1. The number of amides is 1. The molecule has 0 aromatic carbocycles. The maximum atomic E-state index is 12.0. The van der Waals surface area contributed by atoms with Gasteiger partial charge < -0.3 is 5.32 Å². The highest BCUT2D eigenvalue weighted by atomic mass is 35.5. The van der Waals surface area contributed by atoms with E-state index >= 15 is 0 Å². The molecule has 1 amide bonds. The van der Waals surface area contributed by atoms with Crippen LogP contribution in [0.15, 0.2) is 18.2 Å². The van der Waals surface area contributed by atoms with E-state index in [-0.39, 0.29) is 16.2 Å². The summed E-state index contributed by atoms with van der Waals surface area (Å²) in [5.41, 5.74) is 1.87. The molecule has 3 nitrogen and oxygen atoms in total. The molecule has 0 radical (unpaired) electrons. The minimum atomic E-state index is -0.190. The number of hydrogen-bond acceptors (Lipinski definition) is 3. The summed E-state index contributed by atoms with van der Waals surface area (Å²) in [6.07, 6.45) is 3.58. The summed E-state index contributed by atoms with van der Waals surface area (Å²) in [6.45, 7) is 0.536. The highest BCUT2D eigenvalue weighted by Crippen LogP contribution is 2.30. The van der Waals surface area contributed by atoms with E-state index in [1.165, 1.54) is 40.3 Å². The molecule has 0 saturated heterocycles. The van der Waals surface area contributed by atoms with Crippen molar-refractivity contribution in [2.45, 2.75) is 25.8 Å². The Hall–Kier alpha value is -1.10. The van der Waals surface area contributed by atoms with E-state index in [9.17, 15) is 4.79 Å². The summed E-state index contributed by atoms with van der Waals surface area (Å²) in [6, 6.07) is 5.22. The van der Waals surface area contributed by atoms with Crippen LogP contribution in [-0.4, -0.2) is 10.9 Å². The number of carbonyl (C=O) groups is 1. The maximum Gasteiger partial charge on any atom is 0.251 e. The van der Waals surface area contributed by atoms with Crippen LogP contribution in [0.3, 0.4) is 0 Å². The lowest BCUT2D eigenvalue weighted by Gasteiger charge is -2.04. The van der Waals surface area contributed by atoms with Crippen LogP contribution in [0.1, 0.15) is 32.1 Å². The van der Waals surface area contributed by atoms with Gasteiger partial charge in [0.05, 0.1) is 6.54 Å². The molecule has 3 rings (SSSR count). The van der Waals surface area contributed by atoms with Gasteiger partial charge in [-0.05, 0) is 43.0 Å². The largest absolute Gasteiger partial charge is 0.347 e. The molecule has 1 N–H and O–H groups in total. The quantitative estimate of drug-likeness (QED) is 0.870. The third-order valence-electron chi connectivity index (χ3n) is 3.25. The van der Waals surface area contributed by atoms with Crippen molar-refractivity contribution in [3.05, 3.63) is 49.4 Å². The first kappa shape index (κ1) is 13.9. The second-order valence-corrected chi connectivity index (χ2v) is 6.69. The number of pyridine rings is 1.